The largest absolute Gasteiger partial charge is 0.457 e. The van der Waals surface area contributed by atoms with E-state index < -0.39 is 23.9 Å². The van der Waals surface area contributed by atoms with E-state index in [1.165, 1.54) is 12.1 Å². The van der Waals surface area contributed by atoms with Crippen molar-refractivity contribution in [3.8, 4) is 11.5 Å². The molecule has 1 aliphatic carbocycles. The number of fused-ring (bicyclic) bond motifs is 1. The Morgan fingerprint density at radius 2 is 1.85 bits per heavy atom. The maximum absolute atomic E-state index is 13.0. The van der Waals surface area contributed by atoms with E-state index in [0.29, 0.717) is 25.1 Å². The lowest BCUT2D eigenvalue weighted by molar-refractivity contribution is -0.139. The number of aliphatic hydroxyl groups is 2. The van der Waals surface area contributed by atoms with Crippen LogP contribution < -0.4 is 4.74 Å². The van der Waals surface area contributed by atoms with Gasteiger partial charge in [0.05, 0.1) is 23.3 Å². The third-order valence-electron chi connectivity index (χ3n) is 6.51. The number of benzene rings is 2. The molecule has 1 amide bonds. The molecule has 2 fully saturated rings. The Balaban J connectivity index is 1.38. The summed E-state index contributed by atoms with van der Waals surface area (Å²) < 4.78 is 46.0. The molecule has 0 bridgehead atoms. The number of halogens is 3. The quantitative estimate of drug-likeness (QED) is 0.604. The van der Waals surface area contributed by atoms with Crippen molar-refractivity contribution in [2.45, 2.75) is 37.1 Å². The summed E-state index contributed by atoms with van der Waals surface area (Å²) in [5, 5.41) is 25.0. The van der Waals surface area contributed by atoms with Crippen LogP contribution in [0, 0.1) is 5.92 Å². The van der Waals surface area contributed by atoms with Gasteiger partial charge < -0.3 is 19.8 Å². The average molecular weight is 475 g/mol. The minimum atomic E-state index is -4.42. The summed E-state index contributed by atoms with van der Waals surface area (Å²) in [5.74, 6) is 0.324. The highest BCUT2D eigenvalue weighted by Gasteiger charge is 2.48. The fraction of sp³-hybridized carbons (Fsp3) is 0.417. The van der Waals surface area contributed by atoms with Crippen LogP contribution in [0.15, 0.2) is 42.6 Å². The molecular weight excluding hydrogens is 451 g/mol. The van der Waals surface area contributed by atoms with E-state index in [9.17, 15) is 28.2 Å². The second-order valence-electron chi connectivity index (χ2n) is 9.03. The van der Waals surface area contributed by atoms with Gasteiger partial charge in [0.1, 0.15) is 11.5 Å². The van der Waals surface area contributed by atoms with Gasteiger partial charge in [-0.25, -0.2) is 0 Å². The van der Waals surface area contributed by atoms with E-state index >= 15 is 0 Å². The van der Waals surface area contributed by atoms with Gasteiger partial charge in [-0.2, -0.15) is 18.3 Å². The summed E-state index contributed by atoms with van der Waals surface area (Å²) >= 11 is 0. The molecule has 7 nitrogen and oxygen atoms in total. The Hall–Kier alpha value is -3.11. The highest BCUT2D eigenvalue weighted by Crippen LogP contribution is 2.51. The minimum absolute atomic E-state index is 0.0610. The van der Waals surface area contributed by atoms with Gasteiger partial charge >= 0.3 is 6.18 Å². The monoisotopic (exact) mass is 475 g/mol. The van der Waals surface area contributed by atoms with Gasteiger partial charge in [0.25, 0.3) is 0 Å². The molecule has 1 saturated heterocycles. The molecule has 4 atom stereocenters. The van der Waals surface area contributed by atoms with Crippen LogP contribution in [0.2, 0.25) is 0 Å². The van der Waals surface area contributed by atoms with Crippen LogP contribution in [0.1, 0.15) is 29.9 Å². The van der Waals surface area contributed by atoms with Crippen LogP contribution in [0.4, 0.5) is 13.2 Å². The van der Waals surface area contributed by atoms with Crippen molar-refractivity contribution in [3.05, 3.63) is 53.7 Å². The molecule has 1 saturated carbocycles. The molecule has 1 aliphatic heterocycles. The van der Waals surface area contributed by atoms with E-state index in [-0.39, 0.29) is 30.0 Å². The summed E-state index contributed by atoms with van der Waals surface area (Å²) in [6.45, 7) is 0.510. The Bertz CT molecular complexity index is 1220. The number of β-amino-alcohol motifs (C(OH)–C–C–N with tert-alkyl or cyclic N) is 1. The smallest absolute Gasteiger partial charge is 0.416 e. The molecule has 2 N–H and O–H groups in total. The Kier molecular flexibility index (Phi) is 5.52. The molecule has 2 aliphatic rings. The van der Waals surface area contributed by atoms with Gasteiger partial charge in [0, 0.05) is 37.6 Å². The van der Waals surface area contributed by atoms with Gasteiger partial charge in [0.15, 0.2) is 0 Å². The molecule has 10 heteroatoms. The maximum atomic E-state index is 13.0. The van der Waals surface area contributed by atoms with Gasteiger partial charge in [-0.1, -0.05) is 0 Å². The van der Waals surface area contributed by atoms with Crippen LogP contribution in [0.25, 0.3) is 10.9 Å². The third-order valence-corrected chi connectivity index (χ3v) is 6.51. The summed E-state index contributed by atoms with van der Waals surface area (Å²) in [6.07, 6.45) is -3.39. The molecule has 2 heterocycles. The number of hydrogen-bond donors (Lipinski definition) is 2. The van der Waals surface area contributed by atoms with Gasteiger partial charge in [-0.3, -0.25) is 9.48 Å². The summed E-state index contributed by atoms with van der Waals surface area (Å²) in [7, 11) is 1.79. The van der Waals surface area contributed by atoms with Gasteiger partial charge in [0.2, 0.25) is 5.91 Å². The van der Waals surface area contributed by atoms with Gasteiger partial charge in [-0.15, -0.1) is 0 Å². The molecule has 180 valence electrons. The van der Waals surface area contributed by atoms with Gasteiger partial charge in [-0.05, 0) is 60.7 Å². The predicted molar refractivity (Wildman–Crippen MR) is 116 cm³/mol. The zero-order valence-electron chi connectivity index (χ0n) is 18.4. The normalized spacial score (nSPS) is 24.9. The number of amides is 1. The van der Waals surface area contributed by atoms with Crippen LogP contribution in [0.3, 0.4) is 0 Å². The van der Waals surface area contributed by atoms with Crippen molar-refractivity contribution in [3.63, 3.8) is 0 Å². The first-order chi connectivity index (χ1) is 16.1. The molecule has 5 rings (SSSR count). The van der Waals surface area contributed by atoms with Crippen molar-refractivity contribution in [1.29, 1.82) is 0 Å². The van der Waals surface area contributed by atoms with E-state index in [4.69, 9.17) is 4.74 Å². The van der Waals surface area contributed by atoms with Crippen molar-refractivity contribution in [2.24, 2.45) is 13.0 Å². The zero-order chi connectivity index (χ0) is 24.2. The van der Waals surface area contributed by atoms with Crippen LogP contribution >= 0.6 is 0 Å². The SMILES string of the molecule is Cn1cc2cc(Oc3ccc(C(F)(F)F)cc3)cc([C@@H]3C[C@H]3C(=O)N3CC[C@H](O)[C@@H](O)C3)c2n1. The zero-order valence-corrected chi connectivity index (χ0v) is 18.4. The summed E-state index contributed by atoms with van der Waals surface area (Å²) in [5.41, 5.74) is 0.838. The number of aryl methyl sites for hydroxylation is 1. The van der Waals surface area contributed by atoms with Crippen LogP contribution in [0.5, 0.6) is 11.5 Å². The number of ether oxygens (including phenoxy) is 1. The number of alkyl halides is 3. The number of likely N-dealkylation sites (tertiary alicyclic amines) is 1. The number of carbonyl (C=O) groups excluding carboxylic acids is 1. The second-order valence-corrected chi connectivity index (χ2v) is 9.03. The molecule has 3 aromatic rings. The van der Waals surface area contributed by atoms with E-state index in [1.54, 1.807) is 28.8 Å². The summed E-state index contributed by atoms with van der Waals surface area (Å²) in [4.78, 5) is 14.6. The van der Waals surface area contributed by atoms with E-state index in [2.05, 4.69) is 5.10 Å². The number of hydrogen-bond acceptors (Lipinski definition) is 5. The number of piperidine rings is 1. The van der Waals surface area contributed by atoms with E-state index in [0.717, 1.165) is 28.6 Å². The number of nitrogens with zero attached hydrogens (tertiary/aromatic N) is 3. The number of aliphatic hydroxyl groups excluding tert-OH is 2. The molecule has 2 aromatic carbocycles. The topological polar surface area (TPSA) is 87.8 Å². The number of aromatic nitrogens is 2. The number of rotatable bonds is 4. The maximum Gasteiger partial charge on any atom is 0.416 e. The first-order valence-electron chi connectivity index (χ1n) is 11.1. The highest BCUT2D eigenvalue weighted by molar-refractivity contribution is 5.88. The van der Waals surface area contributed by atoms with Crippen molar-refractivity contribution in [2.75, 3.05) is 13.1 Å². The minimum Gasteiger partial charge on any atom is -0.457 e. The first-order valence-corrected chi connectivity index (χ1v) is 11.1. The predicted octanol–water partition coefficient (Wildman–Crippen LogP) is 3.44. The highest BCUT2D eigenvalue weighted by atomic mass is 19.4. The van der Waals surface area contributed by atoms with Crippen molar-refractivity contribution < 1.29 is 32.9 Å². The standard InChI is InChI=1S/C24H24F3N3O4/c1-29-11-13-8-16(34-15-4-2-14(3-5-15)24(25,26)27)9-18(22(13)28-29)17-10-19(17)23(33)30-7-6-20(31)21(32)12-30/h2-5,8-9,11,17,19-21,31-32H,6-7,10,12H2,1H3/t17-,19+,20-,21-/m0/s1. The molecule has 0 radical (unpaired) electrons. The summed E-state index contributed by atoms with van der Waals surface area (Å²) in [6, 6.07) is 8.05. The lowest BCUT2D eigenvalue weighted by atomic mass is 10.0. The molecule has 34 heavy (non-hydrogen) atoms. The molecule has 0 unspecified atom stereocenters. The second kappa shape index (κ2) is 8.28. The van der Waals surface area contributed by atoms with Crippen LogP contribution in [-0.4, -0.2) is 56.1 Å². The Morgan fingerprint density at radius 3 is 2.53 bits per heavy atom. The molecule has 1 aromatic heterocycles. The van der Waals surface area contributed by atoms with Crippen molar-refractivity contribution in [1.82, 2.24) is 14.7 Å². The molecule has 0 spiro atoms. The van der Waals surface area contributed by atoms with E-state index in [1.807, 2.05) is 6.20 Å². The fourth-order valence-electron chi connectivity index (χ4n) is 4.61. The first kappa shape index (κ1) is 22.7. The number of carbonyl (C=O) groups is 1. The Morgan fingerprint density at radius 1 is 1.12 bits per heavy atom. The fourth-order valence-corrected chi connectivity index (χ4v) is 4.61. The lowest BCUT2D eigenvalue weighted by Crippen LogP contribution is -2.49. The van der Waals surface area contributed by atoms with Crippen molar-refractivity contribution >= 4 is 16.8 Å². The average Bonchev–Trinajstić information content (AvgIpc) is 3.48. The Labute approximate surface area is 193 Å². The third kappa shape index (κ3) is 4.35. The molecular formula is C24H24F3N3O4. The lowest BCUT2D eigenvalue weighted by Gasteiger charge is -2.33. The van der Waals surface area contributed by atoms with Crippen LogP contribution in [-0.2, 0) is 18.0 Å².